The molecule has 0 fully saturated rings. The topological polar surface area (TPSA) is 97.1 Å². The van der Waals surface area contributed by atoms with Crippen molar-refractivity contribution >= 4 is 29.5 Å². The number of rotatable bonds is 5. The Morgan fingerprint density at radius 1 is 1.00 bits per heavy atom. The van der Waals surface area contributed by atoms with Gasteiger partial charge in [-0.2, -0.15) is 4.73 Å². The number of hydrogen-bond donors (Lipinski definition) is 2. The fraction of sp³-hybridized carbons (Fsp3) is 0.115. The summed E-state index contributed by atoms with van der Waals surface area (Å²) in [6.07, 6.45) is 9.62. The van der Waals surface area contributed by atoms with E-state index in [0.29, 0.717) is 24.2 Å². The first-order valence-corrected chi connectivity index (χ1v) is 10.4. The summed E-state index contributed by atoms with van der Waals surface area (Å²) >= 11 is 0. The van der Waals surface area contributed by atoms with E-state index in [-0.39, 0.29) is 11.7 Å². The molecule has 0 spiro atoms. The monoisotopic (exact) mass is 424 g/mol. The normalized spacial score (nSPS) is 13.8. The number of aromatic nitrogens is 1. The molecule has 0 saturated heterocycles. The largest absolute Gasteiger partial charge is 0.619 e. The Hall–Kier alpha value is -4.19. The van der Waals surface area contributed by atoms with Crippen molar-refractivity contribution in [2.24, 2.45) is 5.73 Å². The average Bonchev–Trinajstić information content (AvgIpc) is 2.84. The predicted molar refractivity (Wildman–Crippen MR) is 127 cm³/mol. The summed E-state index contributed by atoms with van der Waals surface area (Å²) in [6, 6.07) is 18.7. The zero-order valence-corrected chi connectivity index (χ0v) is 17.6. The maximum absolute atomic E-state index is 12.9. The average molecular weight is 425 g/mol. The SMILES string of the molecule is N=C(N)c1cccc(C2=CCN(C(=O)c3ccc(/C=C/c4cc[n+]([O-])cc4)cc3)CC2)c1. The molecule has 0 saturated carbocycles. The first kappa shape index (κ1) is 21.1. The lowest BCUT2D eigenvalue weighted by atomic mass is 9.97. The van der Waals surface area contributed by atoms with Crippen molar-refractivity contribution in [3.05, 3.63) is 112 Å². The molecule has 1 aliphatic heterocycles. The highest BCUT2D eigenvalue weighted by Crippen LogP contribution is 2.24. The standard InChI is InChI=1S/C26H24N4O2/c27-25(28)24-3-1-2-23(18-24)21-12-14-29(15-13-21)26(31)22-8-6-19(7-9-22)4-5-20-10-16-30(32)17-11-20/h1-12,16-18H,13-15H2,(H3,27,28)/b5-4+. The van der Waals surface area contributed by atoms with Crippen LogP contribution in [0.4, 0.5) is 0 Å². The van der Waals surface area contributed by atoms with E-state index in [1.807, 2.05) is 65.6 Å². The molecule has 1 aromatic heterocycles. The number of nitrogens with zero attached hydrogens (tertiary/aromatic N) is 2. The second-order valence-electron chi connectivity index (χ2n) is 7.67. The molecule has 2 heterocycles. The highest BCUT2D eigenvalue weighted by atomic mass is 16.5. The van der Waals surface area contributed by atoms with Gasteiger partial charge in [-0.3, -0.25) is 10.2 Å². The molecular weight excluding hydrogens is 400 g/mol. The van der Waals surface area contributed by atoms with Crippen molar-refractivity contribution in [3.63, 3.8) is 0 Å². The van der Waals surface area contributed by atoms with Crippen molar-refractivity contribution in [1.29, 1.82) is 5.41 Å². The molecular formula is C26H24N4O2. The molecule has 160 valence electrons. The van der Waals surface area contributed by atoms with E-state index >= 15 is 0 Å². The van der Waals surface area contributed by atoms with Crippen molar-refractivity contribution in [3.8, 4) is 0 Å². The van der Waals surface area contributed by atoms with Gasteiger partial charge in [0, 0.05) is 36.3 Å². The number of nitrogens with two attached hydrogens (primary N) is 1. The van der Waals surface area contributed by atoms with E-state index in [4.69, 9.17) is 11.1 Å². The molecule has 0 atom stereocenters. The maximum Gasteiger partial charge on any atom is 0.254 e. The first-order chi connectivity index (χ1) is 15.5. The lowest BCUT2D eigenvalue weighted by Crippen LogP contribution is -2.34. The minimum absolute atomic E-state index is 0.0105. The zero-order valence-electron chi connectivity index (χ0n) is 17.6. The van der Waals surface area contributed by atoms with Crippen LogP contribution in [0, 0.1) is 10.6 Å². The van der Waals surface area contributed by atoms with Gasteiger partial charge in [0.25, 0.3) is 5.91 Å². The van der Waals surface area contributed by atoms with E-state index < -0.39 is 0 Å². The van der Waals surface area contributed by atoms with Crippen LogP contribution in [0.2, 0.25) is 0 Å². The van der Waals surface area contributed by atoms with Gasteiger partial charge in [0.2, 0.25) is 0 Å². The van der Waals surface area contributed by atoms with Gasteiger partial charge >= 0.3 is 0 Å². The minimum Gasteiger partial charge on any atom is -0.619 e. The highest BCUT2D eigenvalue weighted by Gasteiger charge is 2.19. The van der Waals surface area contributed by atoms with Crippen LogP contribution in [-0.2, 0) is 0 Å². The van der Waals surface area contributed by atoms with Gasteiger partial charge in [-0.25, -0.2) is 0 Å². The van der Waals surface area contributed by atoms with Crippen molar-refractivity contribution in [1.82, 2.24) is 4.90 Å². The maximum atomic E-state index is 12.9. The summed E-state index contributed by atoms with van der Waals surface area (Å²) in [5, 5.41) is 18.7. The third kappa shape index (κ3) is 4.92. The first-order valence-electron chi connectivity index (χ1n) is 10.4. The van der Waals surface area contributed by atoms with Crippen molar-refractivity contribution in [2.75, 3.05) is 13.1 Å². The highest BCUT2D eigenvalue weighted by molar-refractivity contribution is 5.96. The molecule has 0 aliphatic carbocycles. The zero-order chi connectivity index (χ0) is 22.5. The van der Waals surface area contributed by atoms with Gasteiger partial charge in [-0.1, -0.05) is 48.6 Å². The molecule has 4 rings (SSSR count). The molecule has 3 N–H and O–H groups in total. The Kier molecular flexibility index (Phi) is 6.12. The summed E-state index contributed by atoms with van der Waals surface area (Å²) in [5.41, 5.74) is 11.1. The summed E-state index contributed by atoms with van der Waals surface area (Å²) in [4.78, 5) is 14.7. The van der Waals surface area contributed by atoms with Crippen LogP contribution in [0.3, 0.4) is 0 Å². The van der Waals surface area contributed by atoms with Gasteiger partial charge in [-0.05, 0) is 46.9 Å². The van der Waals surface area contributed by atoms with Crippen LogP contribution in [-0.4, -0.2) is 29.7 Å². The van der Waals surface area contributed by atoms with Gasteiger partial charge in [0.15, 0.2) is 12.4 Å². The van der Waals surface area contributed by atoms with Crippen molar-refractivity contribution in [2.45, 2.75) is 6.42 Å². The Balaban J connectivity index is 1.40. The van der Waals surface area contributed by atoms with Crippen LogP contribution >= 0.6 is 0 Å². The van der Waals surface area contributed by atoms with Gasteiger partial charge in [0.1, 0.15) is 5.84 Å². The van der Waals surface area contributed by atoms with E-state index in [1.165, 1.54) is 18.0 Å². The molecule has 0 bridgehead atoms. The Morgan fingerprint density at radius 3 is 2.31 bits per heavy atom. The lowest BCUT2D eigenvalue weighted by molar-refractivity contribution is -0.605. The molecule has 2 aromatic carbocycles. The quantitative estimate of drug-likeness (QED) is 0.283. The fourth-order valence-corrected chi connectivity index (χ4v) is 3.65. The number of carbonyl (C=O) groups is 1. The number of nitrogen functional groups attached to an aromatic ring is 1. The van der Waals surface area contributed by atoms with Crippen LogP contribution in [0.1, 0.15) is 39.0 Å². The summed E-state index contributed by atoms with van der Waals surface area (Å²) < 4.78 is 0.750. The van der Waals surface area contributed by atoms with Crippen LogP contribution in [0.5, 0.6) is 0 Å². The molecule has 0 radical (unpaired) electrons. The molecule has 6 heteroatoms. The van der Waals surface area contributed by atoms with Gasteiger partial charge in [-0.15, -0.1) is 0 Å². The smallest absolute Gasteiger partial charge is 0.254 e. The van der Waals surface area contributed by atoms with E-state index in [9.17, 15) is 10.0 Å². The molecule has 6 nitrogen and oxygen atoms in total. The molecule has 1 amide bonds. The Morgan fingerprint density at radius 2 is 1.69 bits per heavy atom. The van der Waals surface area contributed by atoms with Crippen LogP contribution in [0.25, 0.3) is 17.7 Å². The number of benzene rings is 2. The van der Waals surface area contributed by atoms with Crippen LogP contribution < -0.4 is 10.5 Å². The van der Waals surface area contributed by atoms with E-state index in [2.05, 4.69) is 6.08 Å². The van der Waals surface area contributed by atoms with Crippen molar-refractivity contribution < 1.29 is 9.52 Å². The Bertz CT molecular complexity index is 1200. The number of hydrogen-bond acceptors (Lipinski definition) is 3. The number of nitrogens with one attached hydrogen (secondary N) is 1. The van der Waals surface area contributed by atoms with Gasteiger partial charge < -0.3 is 15.8 Å². The minimum atomic E-state index is 0.0105. The molecule has 32 heavy (non-hydrogen) atoms. The van der Waals surface area contributed by atoms with E-state index in [0.717, 1.165) is 27.8 Å². The van der Waals surface area contributed by atoms with Crippen LogP contribution in [0.15, 0.2) is 79.1 Å². The molecule has 3 aromatic rings. The summed E-state index contributed by atoms with van der Waals surface area (Å²) in [6.45, 7) is 1.19. The number of carbonyl (C=O) groups excluding carboxylic acids is 1. The second-order valence-corrected chi connectivity index (χ2v) is 7.67. The fourth-order valence-electron chi connectivity index (χ4n) is 3.65. The third-order valence-corrected chi connectivity index (χ3v) is 5.49. The molecule has 1 aliphatic rings. The molecule has 0 unspecified atom stereocenters. The summed E-state index contributed by atoms with van der Waals surface area (Å²) in [7, 11) is 0. The predicted octanol–water partition coefficient (Wildman–Crippen LogP) is 3.70. The third-order valence-electron chi connectivity index (χ3n) is 5.49. The number of pyridine rings is 1. The van der Waals surface area contributed by atoms with Gasteiger partial charge in [0.05, 0.1) is 0 Å². The number of amides is 1. The lowest BCUT2D eigenvalue weighted by Gasteiger charge is -2.27. The number of amidine groups is 1. The second kappa shape index (κ2) is 9.31. The van der Waals surface area contributed by atoms with E-state index in [1.54, 1.807) is 12.1 Å². The Labute approximate surface area is 187 Å². The summed E-state index contributed by atoms with van der Waals surface area (Å²) in [5.74, 6) is 0.0640.